The number of alkyl halides is 3. The number of nitrogens with two attached hydrogens (primary N) is 1. The van der Waals surface area contributed by atoms with Gasteiger partial charge in [-0.05, 0) is 30.7 Å². The van der Waals surface area contributed by atoms with Gasteiger partial charge in [0.05, 0.1) is 17.7 Å². The fourth-order valence-electron chi connectivity index (χ4n) is 1.72. The molecular formula is C13H16F4N2O. The van der Waals surface area contributed by atoms with Crippen LogP contribution in [0.4, 0.5) is 17.6 Å². The first-order valence-corrected chi connectivity index (χ1v) is 5.84. The number of aliphatic hydroxyl groups is 1. The topological polar surface area (TPSA) is 49.5 Å². The van der Waals surface area contributed by atoms with Crippen LogP contribution in [0.25, 0.3) is 0 Å². The second-order valence-corrected chi connectivity index (χ2v) is 4.44. The van der Waals surface area contributed by atoms with Crippen LogP contribution in [0.5, 0.6) is 0 Å². The molecular weight excluding hydrogens is 276 g/mol. The van der Waals surface area contributed by atoms with E-state index in [0.717, 1.165) is 6.07 Å². The van der Waals surface area contributed by atoms with Crippen molar-refractivity contribution in [3.8, 4) is 0 Å². The fraction of sp³-hybridized carbons (Fsp3) is 0.385. The summed E-state index contributed by atoms with van der Waals surface area (Å²) >= 11 is 0. The highest BCUT2D eigenvalue weighted by Gasteiger charge is 2.32. The van der Waals surface area contributed by atoms with E-state index >= 15 is 0 Å². The molecule has 2 unspecified atom stereocenters. The lowest BCUT2D eigenvalue weighted by molar-refractivity contribution is -0.137. The molecule has 0 amide bonds. The molecule has 0 saturated carbocycles. The Bertz CT molecular complexity index is 476. The number of hydrazine groups is 1. The van der Waals surface area contributed by atoms with Gasteiger partial charge < -0.3 is 5.11 Å². The van der Waals surface area contributed by atoms with Gasteiger partial charge in [-0.25, -0.2) is 9.40 Å². The first-order chi connectivity index (χ1) is 9.16. The van der Waals surface area contributed by atoms with Crippen LogP contribution in [0.15, 0.2) is 30.9 Å². The molecule has 0 aliphatic rings. The summed E-state index contributed by atoms with van der Waals surface area (Å²) < 4.78 is 51.0. The van der Waals surface area contributed by atoms with Crippen LogP contribution in [0, 0.1) is 5.82 Å². The summed E-state index contributed by atoms with van der Waals surface area (Å²) in [6.45, 7) is 5.22. The zero-order chi connectivity index (χ0) is 15.5. The molecule has 1 rings (SSSR count). The van der Waals surface area contributed by atoms with E-state index in [1.54, 1.807) is 0 Å². The van der Waals surface area contributed by atoms with Crippen molar-refractivity contribution in [2.75, 3.05) is 6.54 Å². The average Bonchev–Trinajstić information content (AvgIpc) is 2.35. The van der Waals surface area contributed by atoms with Crippen LogP contribution in [0.1, 0.15) is 24.2 Å². The SMILES string of the molecule is C=CCN(N)C(C)C(O)c1cc(F)cc(C(F)(F)F)c1. The van der Waals surface area contributed by atoms with Gasteiger partial charge in [-0.1, -0.05) is 6.08 Å². The quantitative estimate of drug-likeness (QED) is 0.379. The van der Waals surface area contributed by atoms with E-state index in [0.29, 0.717) is 12.1 Å². The summed E-state index contributed by atoms with van der Waals surface area (Å²) in [6.07, 6.45) is -4.55. The van der Waals surface area contributed by atoms with Crippen LogP contribution in [0.3, 0.4) is 0 Å². The Morgan fingerprint density at radius 2 is 2.00 bits per heavy atom. The highest BCUT2D eigenvalue weighted by molar-refractivity contribution is 5.29. The smallest absolute Gasteiger partial charge is 0.387 e. The lowest BCUT2D eigenvalue weighted by Crippen LogP contribution is -2.42. The minimum Gasteiger partial charge on any atom is -0.387 e. The molecule has 0 aliphatic heterocycles. The third kappa shape index (κ3) is 4.03. The van der Waals surface area contributed by atoms with Gasteiger partial charge in [0.15, 0.2) is 0 Å². The van der Waals surface area contributed by atoms with E-state index in [4.69, 9.17) is 5.84 Å². The highest BCUT2D eigenvalue weighted by Crippen LogP contribution is 2.32. The second kappa shape index (κ2) is 6.34. The van der Waals surface area contributed by atoms with Gasteiger partial charge >= 0.3 is 6.18 Å². The Kier molecular flexibility index (Phi) is 5.27. The fourth-order valence-corrected chi connectivity index (χ4v) is 1.72. The van der Waals surface area contributed by atoms with Crippen LogP contribution in [-0.2, 0) is 6.18 Å². The summed E-state index contributed by atoms with van der Waals surface area (Å²) in [4.78, 5) is 0. The maximum absolute atomic E-state index is 13.3. The molecule has 0 heterocycles. The van der Waals surface area contributed by atoms with Crippen molar-refractivity contribution in [3.05, 3.63) is 47.8 Å². The first-order valence-electron chi connectivity index (χ1n) is 5.84. The number of halogens is 4. The molecule has 0 radical (unpaired) electrons. The van der Waals surface area contributed by atoms with Gasteiger partial charge in [-0.2, -0.15) is 13.2 Å². The van der Waals surface area contributed by atoms with Gasteiger partial charge in [0.1, 0.15) is 5.82 Å². The van der Waals surface area contributed by atoms with E-state index in [-0.39, 0.29) is 12.1 Å². The van der Waals surface area contributed by atoms with Crippen molar-refractivity contribution in [2.24, 2.45) is 5.84 Å². The lowest BCUT2D eigenvalue weighted by atomic mass is 10.0. The van der Waals surface area contributed by atoms with Crippen LogP contribution >= 0.6 is 0 Å². The molecule has 0 aliphatic carbocycles. The number of nitrogens with zero attached hydrogens (tertiary/aromatic N) is 1. The maximum Gasteiger partial charge on any atom is 0.416 e. The van der Waals surface area contributed by atoms with Gasteiger partial charge in [0.25, 0.3) is 0 Å². The monoisotopic (exact) mass is 292 g/mol. The molecule has 1 aromatic rings. The summed E-state index contributed by atoms with van der Waals surface area (Å²) in [6, 6.07) is 1.26. The molecule has 3 N–H and O–H groups in total. The molecule has 2 atom stereocenters. The van der Waals surface area contributed by atoms with Crippen molar-refractivity contribution in [1.82, 2.24) is 5.01 Å². The van der Waals surface area contributed by atoms with E-state index in [1.165, 1.54) is 18.0 Å². The second-order valence-electron chi connectivity index (χ2n) is 4.44. The van der Waals surface area contributed by atoms with Crippen LogP contribution < -0.4 is 5.84 Å². The van der Waals surface area contributed by atoms with Gasteiger partial charge in [-0.15, -0.1) is 6.58 Å². The largest absolute Gasteiger partial charge is 0.416 e. The lowest BCUT2D eigenvalue weighted by Gasteiger charge is -2.28. The minimum absolute atomic E-state index is 0.177. The molecule has 7 heteroatoms. The average molecular weight is 292 g/mol. The number of hydrogen-bond donors (Lipinski definition) is 2. The molecule has 0 spiro atoms. The third-order valence-electron chi connectivity index (χ3n) is 2.91. The molecule has 20 heavy (non-hydrogen) atoms. The molecule has 3 nitrogen and oxygen atoms in total. The predicted octanol–water partition coefficient (Wildman–Crippen LogP) is 2.63. The van der Waals surface area contributed by atoms with E-state index < -0.39 is 29.7 Å². The zero-order valence-electron chi connectivity index (χ0n) is 10.9. The standard InChI is InChI=1S/C13H16F4N2O/c1-3-4-19(18)8(2)12(20)9-5-10(13(15,16)17)7-11(14)6-9/h3,5-8,12,20H,1,4,18H2,2H3. The Labute approximate surface area is 114 Å². The Hall–Kier alpha value is -1.44. The molecule has 112 valence electrons. The van der Waals surface area contributed by atoms with Crippen molar-refractivity contribution < 1.29 is 22.7 Å². The predicted molar refractivity (Wildman–Crippen MR) is 66.9 cm³/mol. The highest BCUT2D eigenvalue weighted by atomic mass is 19.4. The molecule has 0 aromatic heterocycles. The van der Waals surface area contributed by atoms with Crippen molar-refractivity contribution in [2.45, 2.75) is 25.2 Å². The number of rotatable bonds is 5. The zero-order valence-corrected chi connectivity index (χ0v) is 10.9. The number of hydrogen-bond acceptors (Lipinski definition) is 3. The Balaban J connectivity index is 3.07. The summed E-state index contributed by atoms with van der Waals surface area (Å²) in [5.41, 5.74) is -1.32. The van der Waals surface area contributed by atoms with Crippen LogP contribution in [0.2, 0.25) is 0 Å². The van der Waals surface area contributed by atoms with Crippen molar-refractivity contribution in [1.29, 1.82) is 0 Å². The van der Waals surface area contributed by atoms with E-state index in [1.807, 2.05) is 0 Å². The molecule has 0 bridgehead atoms. The first kappa shape index (κ1) is 16.6. The Morgan fingerprint density at radius 1 is 1.40 bits per heavy atom. The van der Waals surface area contributed by atoms with Gasteiger partial charge in [0.2, 0.25) is 0 Å². The van der Waals surface area contributed by atoms with E-state index in [9.17, 15) is 22.7 Å². The Morgan fingerprint density at radius 3 is 2.50 bits per heavy atom. The molecule has 0 saturated heterocycles. The third-order valence-corrected chi connectivity index (χ3v) is 2.91. The molecule has 1 aromatic carbocycles. The molecule has 0 fully saturated rings. The number of aliphatic hydroxyl groups excluding tert-OH is 1. The van der Waals surface area contributed by atoms with Crippen molar-refractivity contribution >= 4 is 0 Å². The van der Waals surface area contributed by atoms with Crippen molar-refractivity contribution in [3.63, 3.8) is 0 Å². The summed E-state index contributed by atoms with van der Waals surface area (Å²) in [5, 5.41) is 11.2. The van der Waals surface area contributed by atoms with Crippen LogP contribution in [-0.4, -0.2) is 22.7 Å². The maximum atomic E-state index is 13.3. The minimum atomic E-state index is -4.68. The van der Waals surface area contributed by atoms with Gasteiger partial charge in [0, 0.05) is 6.54 Å². The normalized spacial score (nSPS) is 15.2. The number of benzene rings is 1. The van der Waals surface area contributed by atoms with E-state index in [2.05, 4.69) is 6.58 Å². The van der Waals surface area contributed by atoms with Gasteiger partial charge in [-0.3, -0.25) is 5.84 Å². The summed E-state index contributed by atoms with van der Waals surface area (Å²) in [7, 11) is 0. The summed E-state index contributed by atoms with van der Waals surface area (Å²) in [5.74, 6) is 4.55.